The second-order valence-electron chi connectivity index (χ2n) is 18.0. The maximum Gasteiger partial charge on any atom is 0.680 e. The second kappa shape index (κ2) is 16.1. The van der Waals surface area contributed by atoms with Crippen LogP contribution in [0.5, 0.6) is 0 Å². The van der Waals surface area contributed by atoms with Crippen molar-refractivity contribution in [1.82, 2.24) is 0 Å². The summed E-state index contributed by atoms with van der Waals surface area (Å²) >= 11 is 0. The third kappa shape index (κ3) is 8.69. The molecule has 0 N–H and O–H groups in total. The van der Waals surface area contributed by atoms with Crippen LogP contribution in [-0.2, 0) is 32.0 Å². The monoisotopic (exact) mass is 688 g/mol. The number of allylic oxidation sites excluding steroid dienone is 1. The molecule has 3 saturated carbocycles. The summed E-state index contributed by atoms with van der Waals surface area (Å²) < 4.78 is 34.9. The summed E-state index contributed by atoms with van der Waals surface area (Å²) in [5.74, 6) is 1.97. The van der Waals surface area contributed by atoms with Crippen LogP contribution in [0, 0.1) is 76.9 Å². The van der Waals surface area contributed by atoms with Crippen molar-refractivity contribution in [3.05, 3.63) is 12.2 Å². The Morgan fingerprint density at radius 3 is 1.42 bits per heavy atom. The van der Waals surface area contributed by atoms with E-state index in [4.69, 9.17) is 22.4 Å². The molecule has 7 nitrogen and oxygen atoms in total. The van der Waals surface area contributed by atoms with Gasteiger partial charge >= 0.3 is 21.0 Å². The lowest BCUT2D eigenvalue weighted by Gasteiger charge is -2.47. The molecule has 5 aliphatic rings. The van der Waals surface area contributed by atoms with Crippen molar-refractivity contribution < 1.29 is 32.0 Å². The number of hydrogen-bond acceptors (Lipinski definition) is 7. The Kier molecular flexibility index (Phi) is 12.8. The van der Waals surface area contributed by atoms with Crippen molar-refractivity contribution in [2.45, 2.75) is 145 Å². The zero-order chi connectivity index (χ0) is 34.9. The van der Waals surface area contributed by atoms with Gasteiger partial charge in [0.25, 0.3) is 0 Å². The number of esters is 2. The van der Waals surface area contributed by atoms with Gasteiger partial charge in [0.15, 0.2) is 0 Å². The van der Waals surface area contributed by atoms with Gasteiger partial charge < -0.3 is 22.4 Å². The summed E-state index contributed by atoms with van der Waals surface area (Å²) in [4.78, 5) is 25.9. The topological polar surface area (TPSA) is 80.3 Å². The molecule has 0 aromatic heterocycles. The standard InChI is InChI=1S/C40H68O7Si/c1-23(2)31-16-11-26(7)19-34(31)45-48(46-35-20-27(8)12-17-32(35)24(3)4,47-36-21-28(9)13-18-33(36)25(5)6)43-22-30-15-14-29(10)37-38(30)40(42)44-39(37)41/h14-15,23-38H,11-13,16-22H2,1-10H3/t26-,27-,28-,29?,30?,31+,32+,33+,34-,35-,36-,37?,38?/m1/s1. The average Bonchev–Trinajstić information content (AvgIpc) is 3.30. The van der Waals surface area contributed by atoms with Gasteiger partial charge in [-0.3, -0.25) is 9.59 Å². The van der Waals surface area contributed by atoms with Gasteiger partial charge in [-0.15, -0.1) is 0 Å². The van der Waals surface area contributed by atoms with Gasteiger partial charge in [0.1, 0.15) is 0 Å². The number of ether oxygens (including phenoxy) is 1. The Morgan fingerprint density at radius 2 is 1.02 bits per heavy atom. The zero-order valence-electron chi connectivity index (χ0n) is 31.8. The molecule has 1 saturated heterocycles. The molecule has 0 bridgehead atoms. The van der Waals surface area contributed by atoms with Crippen molar-refractivity contribution >= 4 is 21.0 Å². The third-order valence-electron chi connectivity index (χ3n) is 13.0. The van der Waals surface area contributed by atoms with Crippen LogP contribution < -0.4 is 0 Å². The van der Waals surface area contributed by atoms with E-state index in [1.54, 1.807) is 0 Å². The molecule has 274 valence electrons. The van der Waals surface area contributed by atoms with Crippen molar-refractivity contribution in [1.29, 1.82) is 0 Å². The van der Waals surface area contributed by atoms with Crippen LogP contribution in [0.2, 0.25) is 0 Å². The Bertz CT molecular complexity index is 1040. The number of fused-ring (bicyclic) bond motifs is 1. The lowest BCUT2D eigenvalue weighted by molar-refractivity contribution is -0.155. The van der Waals surface area contributed by atoms with E-state index < -0.39 is 32.8 Å². The van der Waals surface area contributed by atoms with Gasteiger partial charge in [0.05, 0.1) is 30.1 Å². The Balaban J connectivity index is 1.56. The quantitative estimate of drug-likeness (QED) is 0.0876. The van der Waals surface area contributed by atoms with Gasteiger partial charge in [-0.2, -0.15) is 0 Å². The minimum atomic E-state index is -3.86. The van der Waals surface area contributed by atoms with E-state index in [0.717, 1.165) is 38.5 Å². The molecule has 0 aromatic carbocycles. The van der Waals surface area contributed by atoms with Gasteiger partial charge in [0, 0.05) is 12.5 Å². The molecule has 8 heteroatoms. The molecular weight excluding hydrogens is 621 g/mol. The number of hydrogen-bond donors (Lipinski definition) is 0. The first kappa shape index (κ1) is 38.2. The fourth-order valence-electron chi connectivity index (χ4n) is 9.92. The molecule has 1 aliphatic heterocycles. The Morgan fingerprint density at radius 1 is 0.625 bits per heavy atom. The number of cyclic esters (lactones) is 2. The summed E-state index contributed by atoms with van der Waals surface area (Å²) in [5, 5.41) is 0. The summed E-state index contributed by atoms with van der Waals surface area (Å²) in [6, 6.07) is 0. The summed E-state index contributed by atoms with van der Waals surface area (Å²) in [5.41, 5.74) is 0. The highest BCUT2D eigenvalue weighted by atomic mass is 28.4. The van der Waals surface area contributed by atoms with Crippen LogP contribution in [0.3, 0.4) is 0 Å². The van der Waals surface area contributed by atoms with Gasteiger partial charge in [-0.1, -0.05) is 101 Å². The smallest absolute Gasteiger partial charge is 0.393 e. The minimum Gasteiger partial charge on any atom is -0.393 e. The van der Waals surface area contributed by atoms with Gasteiger partial charge in [0.2, 0.25) is 0 Å². The number of carbonyl (C=O) groups excluding carboxylic acids is 2. The summed E-state index contributed by atoms with van der Waals surface area (Å²) in [6.45, 7) is 23.1. The van der Waals surface area contributed by atoms with Gasteiger partial charge in [-0.05, 0) is 97.7 Å². The van der Waals surface area contributed by atoms with Crippen LogP contribution in [0.25, 0.3) is 0 Å². The highest BCUT2D eigenvalue weighted by Gasteiger charge is 2.58. The first-order chi connectivity index (χ1) is 22.7. The molecule has 13 atom stereocenters. The average molecular weight is 689 g/mol. The predicted octanol–water partition coefficient (Wildman–Crippen LogP) is 9.01. The Labute approximate surface area is 293 Å². The highest BCUT2D eigenvalue weighted by molar-refractivity contribution is 6.53. The third-order valence-corrected chi connectivity index (χ3v) is 15.3. The highest BCUT2D eigenvalue weighted by Crippen LogP contribution is 2.45. The molecule has 4 aliphatic carbocycles. The fourth-order valence-corrected chi connectivity index (χ4v) is 12.6. The predicted molar refractivity (Wildman–Crippen MR) is 190 cm³/mol. The van der Waals surface area contributed by atoms with Gasteiger partial charge in [-0.25, -0.2) is 0 Å². The molecule has 0 spiro atoms. The second-order valence-corrected chi connectivity index (χ2v) is 20.0. The first-order valence-corrected chi connectivity index (χ1v) is 21.4. The van der Waals surface area contributed by atoms with Crippen LogP contribution in [0.4, 0.5) is 0 Å². The van der Waals surface area contributed by atoms with E-state index in [2.05, 4.69) is 68.4 Å². The maximum atomic E-state index is 13.1. The summed E-state index contributed by atoms with van der Waals surface area (Å²) in [7, 11) is -3.86. The fraction of sp³-hybridized carbons (Fsp3) is 0.900. The van der Waals surface area contributed by atoms with Crippen LogP contribution >= 0.6 is 0 Å². The SMILES string of the molecule is CC1C=CC(CO[Si](O[C@@H]2C[C@H](C)CC[C@H]2C(C)C)(O[C@@H]2C[C@H](C)CC[C@H]2C(C)C)O[C@@H]2C[C@H](C)CC[C@H]2C(C)C)C2C(=O)OC(=O)C12. The van der Waals surface area contributed by atoms with Crippen molar-refractivity contribution in [3.63, 3.8) is 0 Å². The maximum absolute atomic E-state index is 13.1. The van der Waals surface area contributed by atoms with Crippen molar-refractivity contribution in [2.24, 2.45) is 76.9 Å². The molecule has 4 unspecified atom stereocenters. The van der Waals surface area contributed by atoms with E-state index in [0.29, 0.717) is 53.3 Å². The van der Waals surface area contributed by atoms with E-state index >= 15 is 0 Å². The molecule has 1 heterocycles. The molecular formula is C40H68O7Si. The zero-order valence-corrected chi connectivity index (χ0v) is 32.8. The van der Waals surface area contributed by atoms with E-state index in [-0.39, 0.29) is 36.8 Å². The van der Waals surface area contributed by atoms with Crippen molar-refractivity contribution in [3.8, 4) is 0 Å². The largest absolute Gasteiger partial charge is 0.680 e. The van der Waals surface area contributed by atoms with Crippen molar-refractivity contribution in [2.75, 3.05) is 6.61 Å². The Hall–Kier alpha value is -1.06. The molecule has 0 aromatic rings. The normalized spacial score (nSPS) is 40.9. The van der Waals surface area contributed by atoms with Crippen LogP contribution in [0.1, 0.15) is 127 Å². The number of carbonyl (C=O) groups is 2. The first-order valence-electron chi connectivity index (χ1n) is 19.8. The molecule has 0 radical (unpaired) electrons. The lowest BCUT2D eigenvalue weighted by Crippen LogP contribution is -2.60. The molecule has 4 fully saturated rings. The molecule has 5 rings (SSSR count). The van der Waals surface area contributed by atoms with Crippen LogP contribution in [0.15, 0.2) is 12.2 Å². The van der Waals surface area contributed by atoms with E-state index in [1.807, 2.05) is 13.0 Å². The van der Waals surface area contributed by atoms with E-state index in [9.17, 15) is 9.59 Å². The molecule has 48 heavy (non-hydrogen) atoms. The molecule has 0 amide bonds. The minimum absolute atomic E-state index is 0.0230. The summed E-state index contributed by atoms with van der Waals surface area (Å²) in [6.07, 6.45) is 13.9. The van der Waals surface area contributed by atoms with Crippen LogP contribution in [-0.4, -0.2) is 45.9 Å². The number of rotatable bonds is 12. The lowest BCUT2D eigenvalue weighted by atomic mass is 9.73. The van der Waals surface area contributed by atoms with E-state index in [1.165, 1.54) is 19.3 Å².